The molecule has 0 spiro atoms. The largest absolute Gasteiger partial charge is 0.361 e. The fraction of sp³-hybridized carbons (Fsp3) is 0.417. The van der Waals surface area contributed by atoms with E-state index in [-0.39, 0.29) is 0 Å². The number of benzene rings is 1. The summed E-state index contributed by atoms with van der Waals surface area (Å²) in [5.41, 5.74) is 3.50. The molecule has 0 atom stereocenters. The van der Waals surface area contributed by atoms with Crippen LogP contribution in [0.25, 0.3) is 11.0 Å². The normalized spacial score (nSPS) is 11.2. The summed E-state index contributed by atoms with van der Waals surface area (Å²) in [5.74, 6) is 0. The highest BCUT2D eigenvalue weighted by Crippen LogP contribution is 2.22. The van der Waals surface area contributed by atoms with Crippen molar-refractivity contribution in [1.82, 2.24) is 9.55 Å². The van der Waals surface area contributed by atoms with E-state index in [1.165, 1.54) is 9.13 Å². The van der Waals surface area contributed by atoms with Gasteiger partial charge in [-0.05, 0) is 47.2 Å². The third kappa shape index (κ3) is 2.89. The Labute approximate surface area is 118 Å². The maximum Gasteiger partial charge on any atom is 0.124 e. The van der Waals surface area contributed by atoms with Crippen molar-refractivity contribution in [2.45, 2.75) is 26.2 Å². The van der Waals surface area contributed by atoms with Crippen LogP contribution in [0, 0.1) is 10.5 Å². The van der Waals surface area contributed by atoms with Gasteiger partial charge in [-0.3, -0.25) is 0 Å². The number of ether oxygens (including phenoxy) is 1. The second-order valence-electron chi connectivity index (χ2n) is 3.92. The van der Waals surface area contributed by atoms with Crippen LogP contribution in [0.1, 0.15) is 5.56 Å². The number of aryl methyl sites for hydroxylation is 1. The SMILES string of the molecule is C[Si]CCOCn1cnc2c(I)c(C)ccc21. The van der Waals surface area contributed by atoms with Crippen molar-refractivity contribution in [3.63, 3.8) is 0 Å². The zero-order valence-electron chi connectivity index (χ0n) is 10.0. The molecule has 0 fully saturated rings. The van der Waals surface area contributed by atoms with Crippen LogP contribution >= 0.6 is 22.6 Å². The highest BCUT2D eigenvalue weighted by Gasteiger charge is 2.07. The standard InChI is InChI=1S/C12H15IN2OSi/c1-9-3-4-10-12(11(9)13)14-7-15(10)8-16-5-6-17-2/h3-4,7H,5-6,8H2,1-2H3. The maximum absolute atomic E-state index is 5.62. The Kier molecular flexibility index (Phi) is 4.58. The molecular formula is C12H15IN2OSi. The van der Waals surface area contributed by atoms with Crippen molar-refractivity contribution >= 4 is 43.1 Å². The van der Waals surface area contributed by atoms with Gasteiger partial charge in [-0.2, -0.15) is 0 Å². The van der Waals surface area contributed by atoms with E-state index in [2.05, 4.69) is 57.7 Å². The molecule has 1 aromatic heterocycles. The fourth-order valence-electron chi connectivity index (χ4n) is 1.64. The van der Waals surface area contributed by atoms with Gasteiger partial charge in [0.1, 0.15) is 12.2 Å². The molecule has 1 aromatic carbocycles. The van der Waals surface area contributed by atoms with Gasteiger partial charge < -0.3 is 9.30 Å². The molecule has 0 aliphatic rings. The molecule has 2 radical (unpaired) electrons. The van der Waals surface area contributed by atoms with Crippen LogP contribution in [-0.4, -0.2) is 25.7 Å². The Morgan fingerprint density at radius 1 is 1.47 bits per heavy atom. The van der Waals surface area contributed by atoms with E-state index in [1.54, 1.807) is 0 Å². The van der Waals surface area contributed by atoms with Gasteiger partial charge in [0.2, 0.25) is 0 Å². The number of halogens is 1. The van der Waals surface area contributed by atoms with Crippen LogP contribution in [0.2, 0.25) is 12.6 Å². The first-order chi connectivity index (χ1) is 8.24. The molecule has 0 saturated heterocycles. The second kappa shape index (κ2) is 5.97. The number of fused-ring (bicyclic) bond motifs is 1. The summed E-state index contributed by atoms with van der Waals surface area (Å²) in [5, 5.41) is 0. The van der Waals surface area contributed by atoms with E-state index in [1.807, 2.05) is 6.33 Å². The van der Waals surface area contributed by atoms with Crippen LogP contribution in [-0.2, 0) is 11.5 Å². The lowest BCUT2D eigenvalue weighted by Gasteiger charge is -2.06. The molecule has 0 bridgehead atoms. The number of aromatic nitrogens is 2. The molecule has 0 unspecified atom stereocenters. The summed E-state index contributed by atoms with van der Waals surface area (Å²) in [6.07, 6.45) is 1.86. The molecule has 5 heteroatoms. The summed E-state index contributed by atoms with van der Waals surface area (Å²) in [6, 6.07) is 5.39. The van der Waals surface area contributed by atoms with Crippen LogP contribution in [0.5, 0.6) is 0 Å². The predicted octanol–water partition coefficient (Wildman–Crippen LogP) is 3.09. The number of rotatable bonds is 5. The van der Waals surface area contributed by atoms with Gasteiger partial charge in [0.25, 0.3) is 0 Å². The summed E-state index contributed by atoms with van der Waals surface area (Å²) in [4.78, 5) is 4.46. The molecule has 0 aliphatic heterocycles. The first-order valence-electron chi connectivity index (χ1n) is 5.56. The highest BCUT2D eigenvalue weighted by atomic mass is 127. The van der Waals surface area contributed by atoms with E-state index >= 15 is 0 Å². The van der Waals surface area contributed by atoms with Crippen molar-refractivity contribution in [2.75, 3.05) is 6.61 Å². The van der Waals surface area contributed by atoms with Gasteiger partial charge in [0.15, 0.2) is 0 Å². The van der Waals surface area contributed by atoms with Gasteiger partial charge in [-0.15, -0.1) is 0 Å². The van der Waals surface area contributed by atoms with Crippen molar-refractivity contribution < 1.29 is 4.74 Å². The lowest BCUT2D eigenvalue weighted by molar-refractivity contribution is 0.0905. The van der Waals surface area contributed by atoms with Gasteiger partial charge in [0, 0.05) is 19.7 Å². The quantitative estimate of drug-likeness (QED) is 0.467. The third-order valence-electron chi connectivity index (χ3n) is 2.65. The van der Waals surface area contributed by atoms with Crippen molar-refractivity contribution in [2.24, 2.45) is 0 Å². The third-order valence-corrected chi connectivity index (χ3v) is 4.72. The minimum absolute atomic E-state index is 0.597. The first kappa shape index (κ1) is 13.0. The zero-order valence-corrected chi connectivity index (χ0v) is 13.2. The second-order valence-corrected chi connectivity index (χ2v) is 6.21. The van der Waals surface area contributed by atoms with E-state index < -0.39 is 0 Å². The fourth-order valence-corrected chi connectivity index (χ4v) is 2.58. The average molecular weight is 358 g/mol. The first-order valence-corrected chi connectivity index (χ1v) is 8.35. The van der Waals surface area contributed by atoms with Crippen molar-refractivity contribution in [3.05, 3.63) is 27.6 Å². The molecule has 0 N–H and O–H groups in total. The number of hydrogen-bond donors (Lipinski definition) is 0. The molecule has 2 aromatic rings. The lowest BCUT2D eigenvalue weighted by Crippen LogP contribution is -2.03. The van der Waals surface area contributed by atoms with Crippen LogP contribution in [0.4, 0.5) is 0 Å². The summed E-state index contributed by atoms with van der Waals surface area (Å²) >= 11 is 2.35. The average Bonchev–Trinajstić information content (AvgIpc) is 2.73. The van der Waals surface area contributed by atoms with Gasteiger partial charge >= 0.3 is 0 Å². The van der Waals surface area contributed by atoms with E-state index in [0.717, 1.165) is 33.2 Å². The van der Waals surface area contributed by atoms with Gasteiger partial charge in [-0.1, -0.05) is 12.6 Å². The van der Waals surface area contributed by atoms with Crippen LogP contribution in [0.3, 0.4) is 0 Å². The molecule has 90 valence electrons. The van der Waals surface area contributed by atoms with Crippen LogP contribution < -0.4 is 0 Å². The molecule has 1 heterocycles. The number of imidazole rings is 1. The Morgan fingerprint density at radius 2 is 2.29 bits per heavy atom. The lowest BCUT2D eigenvalue weighted by atomic mass is 10.2. The van der Waals surface area contributed by atoms with E-state index in [4.69, 9.17) is 4.74 Å². The highest BCUT2D eigenvalue weighted by molar-refractivity contribution is 14.1. The minimum atomic E-state index is 0.597. The van der Waals surface area contributed by atoms with Gasteiger partial charge in [-0.25, -0.2) is 4.98 Å². The molecule has 2 rings (SSSR count). The van der Waals surface area contributed by atoms with Crippen LogP contribution in [0.15, 0.2) is 18.5 Å². The zero-order chi connectivity index (χ0) is 12.3. The molecule has 0 saturated carbocycles. The smallest absolute Gasteiger partial charge is 0.124 e. The van der Waals surface area contributed by atoms with E-state index in [0.29, 0.717) is 6.73 Å². The summed E-state index contributed by atoms with van der Waals surface area (Å²) < 4.78 is 8.92. The van der Waals surface area contributed by atoms with Crippen molar-refractivity contribution in [1.29, 1.82) is 0 Å². The molecular weight excluding hydrogens is 343 g/mol. The number of hydrogen-bond acceptors (Lipinski definition) is 2. The Hall–Kier alpha value is -0.403. The summed E-state index contributed by atoms with van der Waals surface area (Å²) in [6.45, 7) is 5.73. The maximum atomic E-state index is 5.62. The molecule has 17 heavy (non-hydrogen) atoms. The van der Waals surface area contributed by atoms with Crippen molar-refractivity contribution in [3.8, 4) is 0 Å². The van der Waals surface area contributed by atoms with E-state index in [9.17, 15) is 0 Å². The molecule has 3 nitrogen and oxygen atoms in total. The summed E-state index contributed by atoms with van der Waals surface area (Å²) in [7, 11) is 0.959. The number of nitrogens with zero attached hydrogens (tertiary/aromatic N) is 2. The topological polar surface area (TPSA) is 27.1 Å². The Bertz CT molecular complexity index is 512. The molecule has 0 aliphatic carbocycles. The Morgan fingerprint density at radius 3 is 3.06 bits per heavy atom. The van der Waals surface area contributed by atoms with Gasteiger partial charge in [0.05, 0.1) is 11.8 Å². The monoisotopic (exact) mass is 358 g/mol. The Balaban J connectivity index is 2.16. The predicted molar refractivity (Wildman–Crippen MR) is 79.6 cm³/mol. The minimum Gasteiger partial charge on any atom is -0.361 e. The molecule has 0 amide bonds.